The highest BCUT2D eigenvalue weighted by Gasteiger charge is 2.09. The van der Waals surface area contributed by atoms with Crippen LogP contribution in [0.5, 0.6) is 0 Å². The van der Waals surface area contributed by atoms with E-state index in [1.165, 1.54) is 11.1 Å². The molecule has 0 saturated carbocycles. The molecule has 1 unspecified atom stereocenters. The fraction of sp³-hybridized carbons (Fsp3) is 0.417. The smallest absolute Gasteiger partial charge is 0.304 e. The van der Waals surface area contributed by atoms with Crippen molar-refractivity contribution in [3.8, 4) is 0 Å². The number of aliphatic carboxylic acids is 1. The zero-order chi connectivity index (χ0) is 11.3. The number of alkyl halides is 1. The minimum absolute atomic E-state index is 0.0351. The first kappa shape index (κ1) is 12.1. The molecule has 15 heavy (non-hydrogen) atoms. The second-order valence-corrected chi connectivity index (χ2v) is 4.34. The molecule has 1 aromatic carbocycles. The van der Waals surface area contributed by atoms with Crippen LogP contribution < -0.4 is 0 Å². The van der Waals surface area contributed by atoms with Gasteiger partial charge >= 0.3 is 5.97 Å². The van der Waals surface area contributed by atoms with Crippen molar-refractivity contribution in [3.63, 3.8) is 0 Å². The second-order valence-electron chi connectivity index (χ2n) is 3.72. The van der Waals surface area contributed by atoms with Gasteiger partial charge in [0.1, 0.15) is 0 Å². The highest BCUT2D eigenvalue weighted by Crippen LogP contribution is 2.13. The second kappa shape index (κ2) is 5.76. The first-order chi connectivity index (χ1) is 7.08. The van der Waals surface area contributed by atoms with E-state index < -0.39 is 5.97 Å². The van der Waals surface area contributed by atoms with Crippen LogP contribution in [0.4, 0.5) is 0 Å². The topological polar surface area (TPSA) is 37.3 Å². The molecule has 0 saturated heterocycles. The average molecular weight is 227 g/mol. The lowest BCUT2D eigenvalue weighted by Gasteiger charge is -2.06. The maximum atomic E-state index is 10.4. The highest BCUT2D eigenvalue weighted by atomic mass is 35.5. The predicted molar refractivity (Wildman–Crippen MR) is 61.4 cm³/mol. The third kappa shape index (κ3) is 4.84. The number of rotatable bonds is 5. The number of benzene rings is 1. The minimum atomic E-state index is -0.834. The van der Waals surface area contributed by atoms with Gasteiger partial charge in [-0.25, -0.2) is 0 Å². The Morgan fingerprint density at radius 2 is 2.00 bits per heavy atom. The Hall–Kier alpha value is -1.02. The lowest BCUT2D eigenvalue weighted by molar-refractivity contribution is -0.137. The SMILES string of the molecule is Cc1ccc(CCC(Cl)CC(=O)O)cc1. The molecule has 0 spiro atoms. The summed E-state index contributed by atoms with van der Waals surface area (Å²) in [6.45, 7) is 2.04. The van der Waals surface area contributed by atoms with Crippen molar-refractivity contribution < 1.29 is 9.90 Å². The van der Waals surface area contributed by atoms with Gasteiger partial charge in [-0.05, 0) is 25.3 Å². The Kier molecular flexibility index (Phi) is 4.63. The Morgan fingerprint density at radius 1 is 1.40 bits per heavy atom. The normalized spacial score (nSPS) is 12.4. The molecule has 1 atom stereocenters. The first-order valence-electron chi connectivity index (χ1n) is 4.99. The molecule has 0 aliphatic heterocycles. The molecule has 0 amide bonds. The summed E-state index contributed by atoms with van der Waals surface area (Å²) in [5.74, 6) is -0.834. The van der Waals surface area contributed by atoms with Crippen LogP contribution >= 0.6 is 11.6 Å². The van der Waals surface area contributed by atoms with E-state index in [0.717, 1.165) is 6.42 Å². The lowest BCUT2D eigenvalue weighted by Crippen LogP contribution is -2.08. The molecular formula is C12H15ClO2. The zero-order valence-electron chi connectivity index (χ0n) is 8.74. The van der Waals surface area contributed by atoms with E-state index in [9.17, 15) is 4.79 Å². The number of carboxylic acids is 1. The van der Waals surface area contributed by atoms with E-state index in [2.05, 4.69) is 24.3 Å². The predicted octanol–water partition coefficient (Wildman–Crippen LogP) is 3.01. The Bertz CT molecular complexity index is 319. The number of halogens is 1. The van der Waals surface area contributed by atoms with Gasteiger partial charge in [-0.15, -0.1) is 11.6 Å². The van der Waals surface area contributed by atoms with Gasteiger partial charge in [0.15, 0.2) is 0 Å². The fourth-order valence-electron chi connectivity index (χ4n) is 1.37. The molecule has 1 aromatic rings. The summed E-state index contributed by atoms with van der Waals surface area (Å²) in [7, 11) is 0. The van der Waals surface area contributed by atoms with Gasteiger partial charge in [0.25, 0.3) is 0 Å². The number of aryl methyl sites for hydroxylation is 2. The fourth-order valence-corrected chi connectivity index (χ4v) is 1.61. The van der Waals surface area contributed by atoms with Crippen molar-refractivity contribution in [2.45, 2.75) is 31.6 Å². The van der Waals surface area contributed by atoms with Crippen LogP contribution in [0.1, 0.15) is 24.0 Å². The van der Waals surface area contributed by atoms with Gasteiger partial charge < -0.3 is 5.11 Å². The van der Waals surface area contributed by atoms with Gasteiger partial charge in [0.2, 0.25) is 0 Å². The number of hydrogen-bond acceptors (Lipinski definition) is 1. The molecular weight excluding hydrogens is 212 g/mol. The van der Waals surface area contributed by atoms with Crippen LogP contribution in [-0.2, 0) is 11.2 Å². The van der Waals surface area contributed by atoms with E-state index >= 15 is 0 Å². The molecule has 0 radical (unpaired) electrons. The van der Waals surface area contributed by atoms with E-state index in [-0.39, 0.29) is 11.8 Å². The quantitative estimate of drug-likeness (QED) is 0.784. The van der Waals surface area contributed by atoms with Gasteiger partial charge in [-0.2, -0.15) is 0 Å². The van der Waals surface area contributed by atoms with Gasteiger partial charge in [-0.1, -0.05) is 29.8 Å². The number of hydrogen-bond donors (Lipinski definition) is 1. The van der Waals surface area contributed by atoms with Crippen molar-refractivity contribution in [2.24, 2.45) is 0 Å². The third-order valence-electron chi connectivity index (χ3n) is 2.26. The number of carboxylic acid groups (broad SMARTS) is 1. The maximum absolute atomic E-state index is 10.4. The zero-order valence-corrected chi connectivity index (χ0v) is 9.50. The summed E-state index contributed by atoms with van der Waals surface area (Å²) in [5, 5.41) is 8.26. The lowest BCUT2D eigenvalue weighted by atomic mass is 10.1. The summed E-state index contributed by atoms with van der Waals surface area (Å²) in [6, 6.07) is 8.21. The van der Waals surface area contributed by atoms with E-state index in [4.69, 9.17) is 16.7 Å². The molecule has 1 rings (SSSR count). The van der Waals surface area contributed by atoms with Crippen LogP contribution in [0, 0.1) is 6.92 Å². The molecule has 0 aromatic heterocycles. The molecule has 3 heteroatoms. The van der Waals surface area contributed by atoms with Crippen molar-refractivity contribution in [1.82, 2.24) is 0 Å². The van der Waals surface area contributed by atoms with Gasteiger partial charge in [0.05, 0.1) is 6.42 Å². The maximum Gasteiger partial charge on any atom is 0.304 e. The Labute approximate surface area is 94.9 Å². The van der Waals surface area contributed by atoms with E-state index in [1.807, 2.05) is 6.92 Å². The summed E-state index contributed by atoms with van der Waals surface area (Å²) in [6.07, 6.45) is 1.58. The molecule has 1 N–H and O–H groups in total. The van der Waals surface area contributed by atoms with Crippen molar-refractivity contribution >= 4 is 17.6 Å². The van der Waals surface area contributed by atoms with Crippen molar-refractivity contribution in [2.75, 3.05) is 0 Å². The summed E-state index contributed by atoms with van der Waals surface area (Å²) < 4.78 is 0. The van der Waals surface area contributed by atoms with Crippen molar-refractivity contribution in [3.05, 3.63) is 35.4 Å². The molecule has 2 nitrogen and oxygen atoms in total. The Morgan fingerprint density at radius 3 is 2.53 bits per heavy atom. The van der Waals surface area contributed by atoms with E-state index in [1.54, 1.807) is 0 Å². The summed E-state index contributed by atoms with van der Waals surface area (Å²) >= 11 is 5.88. The average Bonchev–Trinajstić information content (AvgIpc) is 2.16. The molecule has 0 heterocycles. The molecule has 0 aliphatic carbocycles. The standard InChI is InChI=1S/C12H15ClO2/c1-9-2-4-10(5-3-9)6-7-11(13)8-12(14)15/h2-5,11H,6-8H2,1H3,(H,14,15). The highest BCUT2D eigenvalue weighted by molar-refractivity contribution is 6.21. The summed E-state index contributed by atoms with van der Waals surface area (Å²) in [4.78, 5) is 10.4. The van der Waals surface area contributed by atoms with Gasteiger partial charge in [-0.3, -0.25) is 4.79 Å². The number of carbonyl (C=O) groups is 1. The summed E-state index contributed by atoms with van der Waals surface area (Å²) in [5.41, 5.74) is 2.43. The first-order valence-corrected chi connectivity index (χ1v) is 5.43. The Balaban J connectivity index is 2.36. The van der Waals surface area contributed by atoms with Gasteiger partial charge in [0, 0.05) is 5.38 Å². The largest absolute Gasteiger partial charge is 0.481 e. The monoisotopic (exact) mass is 226 g/mol. The van der Waals surface area contributed by atoms with Crippen molar-refractivity contribution in [1.29, 1.82) is 0 Å². The molecule has 0 bridgehead atoms. The molecule has 0 aliphatic rings. The minimum Gasteiger partial charge on any atom is -0.481 e. The van der Waals surface area contributed by atoms with Crippen LogP contribution in [-0.4, -0.2) is 16.5 Å². The van der Waals surface area contributed by atoms with Crippen LogP contribution in [0.15, 0.2) is 24.3 Å². The third-order valence-corrected chi connectivity index (χ3v) is 2.64. The van der Waals surface area contributed by atoms with Crippen LogP contribution in [0.2, 0.25) is 0 Å². The molecule has 0 fully saturated rings. The van der Waals surface area contributed by atoms with E-state index in [0.29, 0.717) is 6.42 Å². The molecule has 82 valence electrons. The van der Waals surface area contributed by atoms with Crippen LogP contribution in [0.25, 0.3) is 0 Å². The van der Waals surface area contributed by atoms with Crippen LogP contribution in [0.3, 0.4) is 0 Å².